The molecule has 19 heavy (non-hydrogen) atoms. The molecule has 0 bridgehead atoms. The van der Waals surface area contributed by atoms with Crippen molar-refractivity contribution in [1.29, 1.82) is 0 Å². The van der Waals surface area contributed by atoms with Crippen molar-refractivity contribution in [2.24, 2.45) is 5.92 Å². The van der Waals surface area contributed by atoms with E-state index in [1.165, 1.54) is 0 Å². The lowest BCUT2D eigenvalue weighted by Crippen LogP contribution is -2.48. The largest absolute Gasteiger partial charge is 0.481 e. The van der Waals surface area contributed by atoms with E-state index in [0.717, 1.165) is 26.1 Å². The highest BCUT2D eigenvalue weighted by molar-refractivity contribution is 5.76. The highest BCUT2D eigenvalue weighted by atomic mass is 16.5. The Morgan fingerprint density at radius 3 is 2.53 bits per heavy atom. The van der Waals surface area contributed by atoms with Crippen molar-refractivity contribution in [2.45, 2.75) is 19.3 Å². The summed E-state index contributed by atoms with van der Waals surface area (Å²) in [7, 11) is 0. The number of nitrogens with zero attached hydrogens (tertiary/aromatic N) is 2. The number of likely N-dealkylation sites (tertiary alicyclic amines) is 1. The zero-order valence-electron chi connectivity index (χ0n) is 11.2. The molecule has 0 saturated carbocycles. The van der Waals surface area contributed by atoms with Crippen LogP contribution in [-0.2, 0) is 14.3 Å². The summed E-state index contributed by atoms with van der Waals surface area (Å²) in [6.07, 6.45) is 1.71. The SMILES string of the molecule is O=C(O)CC1CN(CCCC(=O)N2CCOCC2)C1. The molecule has 0 aromatic heterocycles. The molecule has 0 aliphatic carbocycles. The van der Waals surface area contributed by atoms with Crippen LogP contribution in [0.25, 0.3) is 0 Å². The first-order valence-electron chi connectivity index (χ1n) is 6.95. The van der Waals surface area contributed by atoms with Crippen LogP contribution in [-0.4, -0.2) is 72.7 Å². The molecule has 6 heteroatoms. The van der Waals surface area contributed by atoms with Gasteiger partial charge in [-0.1, -0.05) is 0 Å². The summed E-state index contributed by atoms with van der Waals surface area (Å²) in [6, 6.07) is 0. The van der Waals surface area contributed by atoms with E-state index in [4.69, 9.17) is 9.84 Å². The molecule has 108 valence electrons. The molecule has 2 aliphatic rings. The maximum Gasteiger partial charge on any atom is 0.303 e. The lowest BCUT2D eigenvalue weighted by Gasteiger charge is -2.38. The summed E-state index contributed by atoms with van der Waals surface area (Å²) < 4.78 is 5.21. The lowest BCUT2D eigenvalue weighted by molar-refractivity contribution is -0.139. The Morgan fingerprint density at radius 1 is 1.21 bits per heavy atom. The Labute approximate surface area is 113 Å². The quantitative estimate of drug-likeness (QED) is 0.737. The third-order valence-electron chi connectivity index (χ3n) is 3.72. The summed E-state index contributed by atoms with van der Waals surface area (Å²) in [6.45, 7) is 5.33. The summed E-state index contributed by atoms with van der Waals surface area (Å²) in [5.74, 6) is -0.203. The molecule has 0 radical (unpaired) electrons. The highest BCUT2D eigenvalue weighted by Crippen LogP contribution is 2.19. The van der Waals surface area contributed by atoms with Crippen LogP contribution in [0.5, 0.6) is 0 Å². The second-order valence-electron chi connectivity index (χ2n) is 5.32. The molecular weight excluding hydrogens is 248 g/mol. The maximum absolute atomic E-state index is 11.9. The van der Waals surface area contributed by atoms with Gasteiger partial charge < -0.3 is 19.6 Å². The smallest absolute Gasteiger partial charge is 0.303 e. The first-order valence-corrected chi connectivity index (χ1v) is 6.95. The summed E-state index contributed by atoms with van der Waals surface area (Å²) in [5, 5.41) is 8.65. The first-order chi connectivity index (χ1) is 9.15. The van der Waals surface area contributed by atoms with E-state index in [-0.39, 0.29) is 12.3 Å². The van der Waals surface area contributed by atoms with E-state index < -0.39 is 5.97 Å². The van der Waals surface area contributed by atoms with E-state index in [0.29, 0.717) is 38.6 Å². The fourth-order valence-electron chi connectivity index (χ4n) is 2.66. The van der Waals surface area contributed by atoms with E-state index in [9.17, 15) is 9.59 Å². The molecular formula is C13H22N2O4. The zero-order chi connectivity index (χ0) is 13.7. The number of ether oxygens (including phenoxy) is 1. The summed E-state index contributed by atoms with van der Waals surface area (Å²) in [5.41, 5.74) is 0. The standard InChI is InChI=1S/C13H22N2O4/c16-12(15-4-6-19-7-5-15)2-1-3-14-9-11(10-14)8-13(17)18/h11H,1-10H2,(H,17,18). The predicted molar refractivity (Wildman–Crippen MR) is 68.8 cm³/mol. The molecule has 0 aromatic rings. The fraction of sp³-hybridized carbons (Fsp3) is 0.846. The van der Waals surface area contributed by atoms with Crippen LogP contribution < -0.4 is 0 Å². The number of carboxylic acids is 1. The number of rotatable bonds is 6. The van der Waals surface area contributed by atoms with E-state index in [1.54, 1.807) is 0 Å². The van der Waals surface area contributed by atoms with Crippen molar-refractivity contribution in [2.75, 3.05) is 45.9 Å². The minimum Gasteiger partial charge on any atom is -0.481 e. The third-order valence-corrected chi connectivity index (χ3v) is 3.72. The van der Waals surface area contributed by atoms with Crippen LogP contribution >= 0.6 is 0 Å². The van der Waals surface area contributed by atoms with Crippen LogP contribution in [0.4, 0.5) is 0 Å². The van der Waals surface area contributed by atoms with Crippen LogP contribution in [0.2, 0.25) is 0 Å². The van der Waals surface area contributed by atoms with Crippen molar-refractivity contribution >= 4 is 11.9 Å². The number of carbonyl (C=O) groups is 2. The van der Waals surface area contributed by atoms with Gasteiger partial charge in [-0.15, -0.1) is 0 Å². The molecule has 1 N–H and O–H groups in total. The van der Waals surface area contributed by atoms with Gasteiger partial charge in [-0.2, -0.15) is 0 Å². The lowest BCUT2D eigenvalue weighted by atomic mass is 9.96. The first kappa shape index (κ1) is 14.3. The van der Waals surface area contributed by atoms with Crippen LogP contribution in [0, 0.1) is 5.92 Å². The normalized spacial score (nSPS) is 21.2. The molecule has 6 nitrogen and oxygen atoms in total. The van der Waals surface area contributed by atoms with Crippen molar-refractivity contribution < 1.29 is 19.4 Å². The highest BCUT2D eigenvalue weighted by Gasteiger charge is 2.28. The van der Waals surface area contributed by atoms with Crippen molar-refractivity contribution in [3.63, 3.8) is 0 Å². The predicted octanol–water partition coefficient (Wildman–Crippen LogP) is 0.0319. The van der Waals surface area contributed by atoms with Gasteiger partial charge in [0.1, 0.15) is 0 Å². The molecule has 0 unspecified atom stereocenters. The van der Waals surface area contributed by atoms with Crippen LogP contribution in [0.15, 0.2) is 0 Å². The monoisotopic (exact) mass is 270 g/mol. The van der Waals surface area contributed by atoms with E-state index in [1.807, 2.05) is 4.90 Å². The number of carboxylic acid groups (broad SMARTS) is 1. The Morgan fingerprint density at radius 2 is 1.89 bits per heavy atom. The molecule has 2 aliphatic heterocycles. The Hall–Kier alpha value is -1.14. The Kier molecular flexibility index (Phi) is 5.15. The maximum atomic E-state index is 11.9. The molecule has 2 heterocycles. The van der Waals surface area contributed by atoms with Gasteiger partial charge in [-0.05, 0) is 18.9 Å². The van der Waals surface area contributed by atoms with Gasteiger partial charge in [0.05, 0.1) is 19.6 Å². The molecule has 2 fully saturated rings. The Balaban J connectivity index is 1.53. The fourth-order valence-corrected chi connectivity index (χ4v) is 2.66. The number of aliphatic carboxylic acids is 1. The van der Waals surface area contributed by atoms with E-state index in [2.05, 4.69) is 4.90 Å². The van der Waals surface area contributed by atoms with E-state index >= 15 is 0 Å². The average Bonchev–Trinajstić information content (AvgIpc) is 2.36. The van der Waals surface area contributed by atoms with Gasteiger partial charge in [0.15, 0.2) is 0 Å². The summed E-state index contributed by atoms with van der Waals surface area (Å²) >= 11 is 0. The number of amides is 1. The molecule has 0 atom stereocenters. The van der Waals surface area contributed by atoms with Crippen molar-refractivity contribution in [1.82, 2.24) is 9.80 Å². The molecule has 2 rings (SSSR count). The number of carbonyl (C=O) groups excluding carboxylic acids is 1. The average molecular weight is 270 g/mol. The van der Waals surface area contributed by atoms with Gasteiger partial charge in [-0.25, -0.2) is 0 Å². The molecule has 1 amide bonds. The molecule has 0 spiro atoms. The van der Waals surface area contributed by atoms with Gasteiger partial charge in [0.2, 0.25) is 5.91 Å². The van der Waals surface area contributed by atoms with Gasteiger partial charge in [-0.3, -0.25) is 9.59 Å². The minimum absolute atomic E-state index is 0.214. The molecule has 2 saturated heterocycles. The van der Waals surface area contributed by atoms with Crippen molar-refractivity contribution in [3.8, 4) is 0 Å². The summed E-state index contributed by atoms with van der Waals surface area (Å²) in [4.78, 5) is 26.5. The number of morpholine rings is 1. The van der Waals surface area contributed by atoms with Crippen LogP contribution in [0.1, 0.15) is 19.3 Å². The van der Waals surface area contributed by atoms with Gasteiger partial charge in [0.25, 0.3) is 0 Å². The third kappa shape index (κ3) is 4.47. The number of hydrogen-bond donors (Lipinski definition) is 1. The topological polar surface area (TPSA) is 70.1 Å². The van der Waals surface area contributed by atoms with Crippen LogP contribution in [0.3, 0.4) is 0 Å². The van der Waals surface area contributed by atoms with Crippen molar-refractivity contribution in [3.05, 3.63) is 0 Å². The second-order valence-corrected chi connectivity index (χ2v) is 5.32. The van der Waals surface area contributed by atoms with Gasteiger partial charge >= 0.3 is 5.97 Å². The molecule has 0 aromatic carbocycles. The van der Waals surface area contributed by atoms with Gasteiger partial charge in [0, 0.05) is 32.6 Å². The minimum atomic E-state index is -0.716. The number of hydrogen-bond acceptors (Lipinski definition) is 4. The Bertz CT molecular complexity index is 323. The second kappa shape index (κ2) is 6.86. The zero-order valence-corrected chi connectivity index (χ0v) is 11.2.